The fourth-order valence-electron chi connectivity index (χ4n) is 4.29. The molecule has 3 aromatic carbocycles. The second-order valence-corrected chi connectivity index (χ2v) is 8.66. The molecular weight excluding hydrogens is 428 g/mol. The van der Waals surface area contributed by atoms with E-state index in [-0.39, 0.29) is 24.2 Å². The first-order valence-corrected chi connectivity index (χ1v) is 11.9. The Morgan fingerprint density at radius 3 is 1.62 bits per heavy atom. The van der Waals surface area contributed by atoms with Crippen LogP contribution >= 0.6 is 0 Å². The van der Waals surface area contributed by atoms with Crippen LogP contribution in [-0.2, 0) is 43.5 Å². The minimum absolute atomic E-state index is 0.0140. The van der Waals surface area contributed by atoms with E-state index in [0.29, 0.717) is 26.4 Å². The van der Waals surface area contributed by atoms with Crippen LogP contribution in [0.1, 0.15) is 23.6 Å². The van der Waals surface area contributed by atoms with Crippen molar-refractivity contribution in [2.24, 2.45) is 5.92 Å². The van der Waals surface area contributed by atoms with Crippen LogP contribution in [0.4, 0.5) is 0 Å². The summed E-state index contributed by atoms with van der Waals surface area (Å²) in [5, 5.41) is 0. The summed E-state index contributed by atoms with van der Waals surface area (Å²) in [5.41, 5.74) is 3.34. The van der Waals surface area contributed by atoms with E-state index in [4.69, 9.17) is 23.7 Å². The van der Waals surface area contributed by atoms with Gasteiger partial charge in [0.25, 0.3) is 0 Å². The molecule has 1 heterocycles. The second-order valence-electron chi connectivity index (χ2n) is 8.66. The highest BCUT2D eigenvalue weighted by molar-refractivity contribution is 5.15. The molecule has 3 aromatic rings. The summed E-state index contributed by atoms with van der Waals surface area (Å²) in [5.74, 6) is -0.0140. The lowest BCUT2D eigenvalue weighted by Crippen LogP contribution is -2.57. The van der Waals surface area contributed by atoms with Gasteiger partial charge in [-0.05, 0) is 16.7 Å². The van der Waals surface area contributed by atoms with Gasteiger partial charge in [0.1, 0.15) is 12.2 Å². The molecule has 1 aliphatic heterocycles. The van der Waals surface area contributed by atoms with Gasteiger partial charge in [0, 0.05) is 13.0 Å². The first-order chi connectivity index (χ1) is 16.7. The minimum atomic E-state index is -0.400. The van der Waals surface area contributed by atoms with Crippen LogP contribution in [0.2, 0.25) is 0 Å². The number of ether oxygens (including phenoxy) is 5. The summed E-state index contributed by atoms with van der Waals surface area (Å²) < 4.78 is 31.0. The molecule has 180 valence electrons. The van der Waals surface area contributed by atoms with Gasteiger partial charge in [-0.25, -0.2) is 0 Å². The lowest BCUT2D eigenvalue weighted by molar-refractivity contribution is -0.296. The Morgan fingerprint density at radius 2 is 1.12 bits per heavy atom. The molecule has 0 saturated carbocycles. The predicted octanol–water partition coefficient (Wildman–Crippen LogP) is 5.38. The number of hydrogen-bond donors (Lipinski definition) is 0. The molecule has 34 heavy (non-hydrogen) atoms. The standard InChI is InChI=1S/C29H34O5/c1-22-27(32-19-24-14-8-4-9-15-24)28(33-20-25-16-10-5-11-17-25)26(34-29(22)30-2)21-31-18-23-12-6-3-7-13-23/h3-17,22,26-29H,18-21H2,1-2H3/t22-,26+,27-,28+,29-/m0/s1. The summed E-state index contributed by atoms with van der Waals surface area (Å²) in [6.07, 6.45) is -1.24. The van der Waals surface area contributed by atoms with Gasteiger partial charge in [0.05, 0.1) is 32.5 Å². The van der Waals surface area contributed by atoms with E-state index in [9.17, 15) is 0 Å². The van der Waals surface area contributed by atoms with E-state index in [0.717, 1.165) is 16.7 Å². The Labute approximate surface area is 202 Å². The van der Waals surface area contributed by atoms with E-state index in [1.807, 2.05) is 54.6 Å². The van der Waals surface area contributed by atoms with Crippen molar-refractivity contribution in [3.63, 3.8) is 0 Å². The molecule has 5 heteroatoms. The number of methoxy groups -OCH3 is 1. The zero-order chi connectivity index (χ0) is 23.6. The van der Waals surface area contributed by atoms with Gasteiger partial charge >= 0.3 is 0 Å². The lowest BCUT2D eigenvalue weighted by Gasteiger charge is -2.44. The molecule has 0 aliphatic carbocycles. The Hall–Kier alpha value is -2.54. The van der Waals surface area contributed by atoms with Gasteiger partial charge in [-0.3, -0.25) is 0 Å². The van der Waals surface area contributed by atoms with Crippen LogP contribution in [0.3, 0.4) is 0 Å². The molecule has 0 radical (unpaired) electrons. The molecule has 1 aliphatic rings. The van der Waals surface area contributed by atoms with Crippen molar-refractivity contribution in [2.75, 3.05) is 13.7 Å². The number of benzene rings is 3. The smallest absolute Gasteiger partial charge is 0.162 e. The Bertz CT molecular complexity index is 950. The van der Waals surface area contributed by atoms with E-state index in [1.165, 1.54) is 0 Å². The topological polar surface area (TPSA) is 46.2 Å². The van der Waals surface area contributed by atoms with E-state index in [2.05, 4.69) is 43.3 Å². The van der Waals surface area contributed by atoms with Gasteiger partial charge in [0.15, 0.2) is 6.29 Å². The van der Waals surface area contributed by atoms with Gasteiger partial charge in [-0.2, -0.15) is 0 Å². The van der Waals surface area contributed by atoms with Crippen molar-refractivity contribution in [3.05, 3.63) is 108 Å². The van der Waals surface area contributed by atoms with Crippen molar-refractivity contribution in [3.8, 4) is 0 Å². The van der Waals surface area contributed by atoms with E-state index in [1.54, 1.807) is 7.11 Å². The van der Waals surface area contributed by atoms with E-state index < -0.39 is 6.29 Å². The molecule has 4 rings (SSSR count). The molecule has 1 saturated heterocycles. The normalized spacial score (nSPS) is 24.7. The van der Waals surface area contributed by atoms with Gasteiger partial charge in [-0.1, -0.05) is 97.9 Å². The molecule has 0 unspecified atom stereocenters. The highest BCUT2D eigenvalue weighted by Crippen LogP contribution is 2.32. The maximum absolute atomic E-state index is 6.47. The van der Waals surface area contributed by atoms with Crippen molar-refractivity contribution in [1.29, 1.82) is 0 Å². The van der Waals surface area contributed by atoms with Gasteiger partial charge in [-0.15, -0.1) is 0 Å². The summed E-state index contributed by atoms with van der Waals surface area (Å²) in [7, 11) is 1.67. The average molecular weight is 463 g/mol. The fourth-order valence-corrected chi connectivity index (χ4v) is 4.29. The zero-order valence-corrected chi connectivity index (χ0v) is 19.9. The van der Waals surface area contributed by atoms with Crippen LogP contribution in [0.15, 0.2) is 91.0 Å². The third-order valence-corrected chi connectivity index (χ3v) is 6.14. The minimum Gasteiger partial charge on any atom is -0.374 e. The molecular formula is C29H34O5. The first kappa shape index (κ1) is 24.6. The first-order valence-electron chi connectivity index (χ1n) is 11.9. The fraction of sp³-hybridized carbons (Fsp3) is 0.379. The Kier molecular flexibility index (Phi) is 9.25. The quantitative estimate of drug-likeness (QED) is 0.383. The third-order valence-electron chi connectivity index (χ3n) is 6.14. The third kappa shape index (κ3) is 6.75. The Balaban J connectivity index is 1.48. The average Bonchev–Trinajstić information content (AvgIpc) is 2.89. The van der Waals surface area contributed by atoms with Crippen LogP contribution in [0.25, 0.3) is 0 Å². The highest BCUT2D eigenvalue weighted by Gasteiger charge is 2.45. The predicted molar refractivity (Wildman–Crippen MR) is 131 cm³/mol. The lowest BCUT2D eigenvalue weighted by atomic mass is 9.91. The van der Waals surface area contributed by atoms with Crippen molar-refractivity contribution >= 4 is 0 Å². The molecule has 0 amide bonds. The van der Waals surface area contributed by atoms with E-state index >= 15 is 0 Å². The largest absolute Gasteiger partial charge is 0.374 e. The molecule has 0 aromatic heterocycles. The maximum atomic E-state index is 6.47. The number of hydrogen-bond acceptors (Lipinski definition) is 5. The molecule has 1 fully saturated rings. The van der Waals surface area contributed by atoms with Crippen molar-refractivity contribution < 1.29 is 23.7 Å². The second kappa shape index (κ2) is 12.8. The van der Waals surface area contributed by atoms with Crippen molar-refractivity contribution in [2.45, 2.75) is 51.3 Å². The van der Waals surface area contributed by atoms with Crippen LogP contribution in [0, 0.1) is 5.92 Å². The Morgan fingerprint density at radius 1 is 0.647 bits per heavy atom. The van der Waals surface area contributed by atoms with Gasteiger partial charge < -0.3 is 23.7 Å². The molecule has 0 bridgehead atoms. The summed E-state index contributed by atoms with van der Waals surface area (Å²) in [6, 6.07) is 30.5. The monoisotopic (exact) mass is 462 g/mol. The van der Waals surface area contributed by atoms with Crippen LogP contribution in [-0.4, -0.2) is 38.3 Å². The van der Waals surface area contributed by atoms with Gasteiger partial charge in [0.2, 0.25) is 0 Å². The van der Waals surface area contributed by atoms with Crippen molar-refractivity contribution in [1.82, 2.24) is 0 Å². The maximum Gasteiger partial charge on any atom is 0.162 e. The molecule has 0 N–H and O–H groups in total. The van der Waals surface area contributed by atoms with Crippen LogP contribution in [0.5, 0.6) is 0 Å². The highest BCUT2D eigenvalue weighted by atomic mass is 16.7. The molecule has 5 nitrogen and oxygen atoms in total. The molecule has 0 spiro atoms. The summed E-state index contributed by atoms with van der Waals surface area (Å²) >= 11 is 0. The zero-order valence-electron chi connectivity index (χ0n) is 19.9. The van der Waals surface area contributed by atoms with Crippen LogP contribution < -0.4 is 0 Å². The summed E-state index contributed by atoms with van der Waals surface area (Å²) in [6.45, 7) is 3.94. The SMILES string of the molecule is CO[C@H]1O[C@H](COCc2ccccc2)[C@@H](OCc2ccccc2)[C@@H](OCc2ccccc2)[C@@H]1C. The summed E-state index contributed by atoms with van der Waals surface area (Å²) in [4.78, 5) is 0. The number of rotatable bonds is 11. The molecule has 5 atom stereocenters.